The number of aliphatic hydroxyl groups excluding tert-OH is 1. The van der Waals surface area contributed by atoms with Crippen molar-refractivity contribution >= 4 is 15.9 Å². The van der Waals surface area contributed by atoms with Gasteiger partial charge in [0.2, 0.25) is 0 Å². The molecule has 0 saturated carbocycles. The van der Waals surface area contributed by atoms with Crippen LogP contribution in [0.15, 0.2) is 29.3 Å². The smallest absolute Gasteiger partial charge is 0.125 e. The van der Waals surface area contributed by atoms with Gasteiger partial charge in [-0.15, -0.1) is 6.58 Å². The third kappa shape index (κ3) is 2.55. The molecule has 1 heterocycles. The Hall–Kier alpha value is -0.800. The minimum absolute atomic E-state index is 0.0950. The van der Waals surface area contributed by atoms with Gasteiger partial charge in [-0.25, -0.2) is 0 Å². The zero-order valence-electron chi connectivity index (χ0n) is 10.0. The van der Waals surface area contributed by atoms with Crippen LogP contribution < -0.4 is 4.74 Å². The summed E-state index contributed by atoms with van der Waals surface area (Å²) < 4.78 is 6.75. The van der Waals surface area contributed by atoms with Gasteiger partial charge in [0.25, 0.3) is 0 Å². The Morgan fingerprint density at radius 1 is 1.59 bits per heavy atom. The number of hydrogen-bond acceptors (Lipinski definition) is 2. The standard InChI is InChI=1S/C14H17BrO2/c1-3-14(2,9-16)8-11-7-12(15)6-10-4-5-17-13(10)11/h3,6-7,16H,1,4-5,8-9H2,2H3. The molecular weight excluding hydrogens is 280 g/mol. The first kappa shape index (κ1) is 12.7. The summed E-state index contributed by atoms with van der Waals surface area (Å²) >= 11 is 3.52. The van der Waals surface area contributed by atoms with E-state index in [2.05, 4.69) is 34.6 Å². The van der Waals surface area contributed by atoms with Crippen LogP contribution in [0.3, 0.4) is 0 Å². The van der Waals surface area contributed by atoms with Crippen molar-refractivity contribution in [3.8, 4) is 5.75 Å². The number of rotatable bonds is 4. The maximum Gasteiger partial charge on any atom is 0.125 e. The maximum absolute atomic E-state index is 9.44. The first-order valence-electron chi connectivity index (χ1n) is 5.76. The summed E-state index contributed by atoms with van der Waals surface area (Å²) in [6.45, 7) is 6.65. The van der Waals surface area contributed by atoms with Gasteiger partial charge >= 0.3 is 0 Å². The fourth-order valence-corrected chi connectivity index (χ4v) is 2.66. The summed E-state index contributed by atoms with van der Waals surface area (Å²) in [5.41, 5.74) is 2.10. The highest BCUT2D eigenvalue weighted by Gasteiger charge is 2.25. The Morgan fingerprint density at radius 2 is 2.35 bits per heavy atom. The minimum Gasteiger partial charge on any atom is -0.493 e. The van der Waals surface area contributed by atoms with Crippen molar-refractivity contribution < 1.29 is 9.84 Å². The molecule has 0 aromatic heterocycles. The highest BCUT2D eigenvalue weighted by Crippen LogP contribution is 2.36. The summed E-state index contributed by atoms with van der Waals surface area (Å²) in [6.07, 6.45) is 3.52. The van der Waals surface area contributed by atoms with Gasteiger partial charge in [0.1, 0.15) is 5.75 Å². The summed E-state index contributed by atoms with van der Waals surface area (Å²) in [6, 6.07) is 4.18. The van der Waals surface area contributed by atoms with Crippen molar-refractivity contribution in [2.75, 3.05) is 13.2 Å². The van der Waals surface area contributed by atoms with Crippen LogP contribution in [0.2, 0.25) is 0 Å². The molecule has 17 heavy (non-hydrogen) atoms. The molecule has 0 bridgehead atoms. The van der Waals surface area contributed by atoms with Crippen LogP contribution in [0.25, 0.3) is 0 Å². The van der Waals surface area contributed by atoms with E-state index >= 15 is 0 Å². The summed E-state index contributed by atoms with van der Waals surface area (Å²) in [4.78, 5) is 0. The zero-order chi connectivity index (χ0) is 12.5. The Labute approximate surface area is 110 Å². The molecule has 1 N–H and O–H groups in total. The first-order chi connectivity index (χ1) is 8.08. The highest BCUT2D eigenvalue weighted by molar-refractivity contribution is 9.10. The molecule has 0 spiro atoms. The Morgan fingerprint density at radius 3 is 3.00 bits per heavy atom. The van der Waals surface area contributed by atoms with Gasteiger partial charge in [-0.05, 0) is 29.7 Å². The van der Waals surface area contributed by atoms with E-state index in [0.717, 1.165) is 35.2 Å². The number of benzene rings is 1. The van der Waals surface area contributed by atoms with Crippen molar-refractivity contribution in [2.45, 2.75) is 19.8 Å². The second-order valence-corrected chi connectivity index (χ2v) is 5.76. The molecule has 1 aromatic rings. The van der Waals surface area contributed by atoms with Gasteiger partial charge in [0, 0.05) is 16.3 Å². The Balaban J connectivity index is 2.36. The molecule has 0 amide bonds. The van der Waals surface area contributed by atoms with Crippen LogP contribution in [0.5, 0.6) is 5.75 Å². The van der Waals surface area contributed by atoms with Crippen molar-refractivity contribution in [2.24, 2.45) is 5.41 Å². The zero-order valence-corrected chi connectivity index (χ0v) is 11.6. The summed E-state index contributed by atoms with van der Waals surface area (Å²) in [7, 11) is 0. The summed E-state index contributed by atoms with van der Waals surface area (Å²) in [5, 5.41) is 9.44. The molecule has 1 aliphatic heterocycles. The van der Waals surface area contributed by atoms with Gasteiger partial charge < -0.3 is 9.84 Å². The lowest BCUT2D eigenvalue weighted by Gasteiger charge is -2.24. The fraction of sp³-hybridized carbons (Fsp3) is 0.429. The number of hydrogen-bond donors (Lipinski definition) is 1. The van der Waals surface area contributed by atoms with E-state index in [-0.39, 0.29) is 12.0 Å². The molecule has 2 nitrogen and oxygen atoms in total. The lowest BCUT2D eigenvalue weighted by atomic mass is 9.84. The topological polar surface area (TPSA) is 29.5 Å². The highest BCUT2D eigenvalue weighted by atomic mass is 79.9. The lowest BCUT2D eigenvalue weighted by Crippen LogP contribution is -2.21. The lowest BCUT2D eigenvalue weighted by molar-refractivity contribution is 0.183. The first-order valence-corrected chi connectivity index (χ1v) is 6.56. The molecule has 0 radical (unpaired) electrons. The predicted molar refractivity (Wildman–Crippen MR) is 72.4 cm³/mol. The van der Waals surface area contributed by atoms with Gasteiger partial charge in [-0.3, -0.25) is 0 Å². The average molecular weight is 297 g/mol. The van der Waals surface area contributed by atoms with Crippen LogP contribution in [0.4, 0.5) is 0 Å². The number of aliphatic hydroxyl groups is 1. The minimum atomic E-state index is -0.291. The van der Waals surface area contributed by atoms with E-state index in [9.17, 15) is 5.11 Å². The monoisotopic (exact) mass is 296 g/mol. The Kier molecular flexibility index (Phi) is 3.59. The van der Waals surface area contributed by atoms with E-state index < -0.39 is 0 Å². The fourth-order valence-electron chi connectivity index (χ4n) is 2.11. The van der Waals surface area contributed by atoms with E-state index in [4.69, 9.17) is 4.74 Å². The van der Waals surface area contributed by atoms with Crippen LogP contribution in [0.1, 0.15) is 18.1 Å². The maximum atomic E-state index is 9.44. The second-order valence-electron chi connectivity index (χ2n) is 4.84. The van der Waals surface area contributed by atoms with E-state index in [0.29, 0.717) is 0 Å². The number of ether oxygens (including phenoxy) is 1. The molecule has 1 atom stereocenters. The third-order valence-electron chi connectivity index (χ3n) is 3.27. The molecule has 1 aliphatic rings. The largest absolute Gasteiger partial charge is 0.493 e. The molecule has 1 aromatic carbocycles. The number of halogens is 1. The molecule has 0 aliphatic carbocycles. The average Bonchev–Trinajstić information content (AvgIpc) is 2.77. The van der Waals surface area contributed by atoms with Gasteiger partial charge in [-0.2, -0.15) is 0 Å². The van der Waals surface area contributed by atoms with Gasteiger partial charge in [-0.1, -0.05) is 28.9 Å². The quantitative estimate of drug-likeness (QED) is 0.865. The van der Waals surface area contributed by atoms with Crippen LogP contribution in [0, 0.1) is 5.41 Å². The summed E-state index contributed by atoms with van der Waals surface area (Å²) in [5.74, 6) is 0.995. The molecule has 2 rings (SSSR count). The second kappa shape index (κ2) is 4.83. The normalized spacial score (nSPS) is 17.1. The Bertz CT molecular complexity index is 442. The SMILES string of the molecule is C=CC(C)(CO)Cc1cc(Br)cc2c1OCC2. The van der Waals surface area contributed by atoms with Crippen molar-refractivity contribution in [1.82, 2.24) is 0 Å². The van der Waals surface area contributed by atoms with Gasteiger partial charge in [0.15, 0.2) is 0 Å². The molecule has 3 heteroatoms. The van der Waals surface area contributed by atoms with Crippen LogP contribution in [-0.2, 0) is 12.8 Å². The molecule has 92 valence electrons. The van der Waals surface area contributed by atoms with Gasteiger partial charge in [0.05, 0.1) is 13.2 Å². The van der Waals surface area contributed by atoms with Crippen LogP contribution >= 0.6 is 15.9 Å². The molecule has 0 saturated heterocycles. The van der Waals surface area contributed by atoms with Crippen molar-refractivity contribution in [1.29, 1.82) is 0 Å². The van der Waals surface area contributed by atoms with Crippen LogP contribution in [-0.4, -0.2) is 18.3 Å². The van der Waals surface area contributed by atoms with E-state index in [1.54, 1.807) is 0 Å². The number of fused-ring (bicyclic) bond motifs is 1. The van der Waals surface area contributed by atoms with Crippen molar-refractivity contribution in [3.05, 3.63) is 40.4 Å². The molecule has 1 unspecified atom stereocenters. The van der Waals surface area contributed by atoms with E-state index in [1.807, 2.05) is 13.0 Å². The molecular formula is C14H17BrO2. The predicted octanol–water partition coefficient (Wildman–Crippen LogP) is 3.11. The van der Waals surface area contributed by atoms with E-state index in [1.165, 1.54) is 5.56 Å². The van der Waals surface area contributed by atoms with Crippen molar-refractivity contribution in [3.63, 3.8) is 0 Å². The molecule has 0 fully saturated rings. The third-order valence-corrected chi connectivity index (χ3v) is 3.73.